The Hall–Kier alpha value is -3.93. The molecule has 0 radical (unpaired) electrons. The number of aliphatic hydroxyl groups excluding tert-OH is 2. The van der Waals surface area contributed by atoms with E-state index in [-0.39, 0.29) is 35.2 Å². The predicted octanol–water partition coefficient (Wildman–Crippen LogP) is 1.40. The number of esters is 2. The molecule has 3 aliphatic carbocycles. The summed E-state index contributed by atoms with van der Waals surface area (Å²) in [5.74, 6) is -4.24. The standard InChI is InChI=1S/C29H28O11/c30-17-9-8-15-13-16-7-4-11-28-19(15)23(17)39-24(28)18(10-12-29(16,28)37)38-27(36)22(14-5-2-1-3-6-14)40-26(35)21(32)20(31)25(33)34/h1-3,5-6,8-10,16,20-22,24,30-32,37H,4,7,11-13H2,(H,33,34)/t16-,20+,21+,22-,24+,28+,29-/m0/s1. The summed E-state index contributed by atoms with van der Waals surface area (Å²) >= 11 is 0. The van der Waals surface area contributed by atoms with Gasteiger partial charge in [-0.3, -0.25) is 0 Å². The first-order chi connectivity index (χ1) is 19.1. The van der Waals surface area contributed by atoms with Crippen molar-refractivity contribution >= 4 is 17.9 Å². The van der Waals surface area contributed by atoms with Crippen LogP contribution in [0.15, 0.2) is 54.3 Å². The number of rotatable bonds is 7. The van der Waals surface area contributed by atoms with Crippen LogP contribution in [0, 0.1) is 5.92 Å². The summed E-state index contributed by atoms with van der Waals surface area (Å²) < 4.78 is 17.2. The largest absolute Gasteiger partial charge is 0.504 e. The van der Waals surface area contributed by atoms with Crippen molar-refractivity contribution in [1.29, 1.82) is 0 Å². The number of aliphatic carboxylic acids is 1. The quantitative estimate of drug-likeness (QED) is 0.313. The number of carboxylic acid groups (broad SMARTS) is 1. The van der Waals surface area contributed by atoms with E-state index in [1.54, 1.807) is 30.3 Å². The van der Waals surface area contributed by atoms with Crippen molar-refractivity contribution in [1.82, 2.24) is 0 Å². The number of hydrogen-bond acceptors (Lipinski definition) is 10. The lowest BCUT2D eigenvalue weighted by Gasteiger charge is -2.59. The lowest BCUT2D eigenvalue weighted by atomic mass is 9.47. The van der Waals surface area contributed by atoms with E-state index in [1.165, 1.54) is 12.1 Å². The van der Waals surface area contributed by atoms with E-state index in [0.717, 1.165) is 24.0 Å². The number of carbonyl (C=O) groups is 3. The fourth-order valence-electron chi connectivity index (χ4n) is 7.03. The lowest BCUT2D eigenvalue weighted by Crippen LogP contribution is -2.67. The van der Waals surface area contributed by atoms with Crippen LogP contribution in [0.2, 0.25) is 0 Å². The summed E-state index contributed by atoms with van der Waals surface area (Å²) in [5.41, 5.74) is -0.258. The molecular weight excluding hydrogens is 524 g/mol. The first-order valence-electron chi connectivity index (χ1n) is 13.1. The molecule has 210 valence electrons. The van der Waals surface area contributed by atoms with Gasteiger partial charge in [-0.1, -0.05) is 42.8 Å². The Kier molecular flexibility index (Phi) is 6.13. The molecule has 1 aliphatic heterocycles. The van der Waals surface area contributed by atoms with Crippen molar-refractivity contribution in [2.45, 2.75) is 67.5 Å². The number of aliphatic hydroxyl groups is 3. The van der Waals surface area contributed by atoms with Crippen LogP contribution in [0.5, 0.6) is 11.5 Å². The Morgan fingerprint density at radius 3 is 2.50 bits per heavy atom. The SMILES string of the molecule is O=C(OC1=CC[C@]2(O)[C@H]3CCC[C@]24c2c(ccc(O)c2O[C@H]14)C3)[C@@H](OC(=O)[C@H](O)[C@@H](O)C(=O)O)c1ccccc1. The van der Waals surface area contributed by atoms with E-state index in [1.807, 2.05) is 6.07 Å². The minimum Gasteiger partial charge on any atom is -0.504 e. The summed E-state index contributed by atoms with van der Waals surface area (Å²) in [6, 6.07) is 11.2. The molecule has 0 amide bonds. The molecule has 0 unspecified atom stereocenters. The normalized spacial score (nSPS) is 29.6. The highest BCUT2D eigenvalue weighted by Gasteiger charge is 2.71. The molecule has 1 fully saturated rings. The lowest BCUT2D eigenvalue weighted by molar-refractivity contribution is -0.182. The molecule has 5 N–H and O–H groups in total. The summed E-state index contributed by atoms with van der Waals surface area (Å²) in [5, 5.41) is 51.2. The Morgan fingerprint density at radius 2 is 1.77 bits per heavy atom. The predicted molar refractivity (Wildman–Crippen MR) is 134 cm³/mol. The van der Waals surface area contributed by atoms with Crippen molar-refractivity contribution < 1.29 is 54.1 Å². The average molecular weight is 553 g/mol. The van der Waals surface area contributed by atoms with Crippen LogP contribution in [-0.4, -0.2) is 67.4 Å². The highest BCUT2D eigenvalue weighted by molar-refractivity contribution is 5.87. The second-order valence-corrected chi connectivity index (χ2v) is 10.8. The third-order valence-corrected chi connectivity index (χ3v) is 8.83. The Morgan fingerprint density at radius 1 is 1.02 bits per heavy atom. The van der Waals surface area contributed by atoms with Crippen LogP contribution < -0.4 is 4.74 Å². The van der Waals surface area contributed by atoms with Gasteiger partial charge in [-0.25, -0.2) is 14.4 Å². The zero-order valence-electron chi connectivity index (χ0n) is 21.2. The first kappa shape index (κ1) is 26.3. The van der Waals surface area contributed by atoms with Crippen molar-refractivity contribution in [3.05, 3.63) is 71.0 Å². The molecule has 7 atom stereocenters. The van der Waals surface area contributed by atoms with Gasteiger partial charge in [0.25, 0.3) is 0 Å². The molecule has 0 saturated heterocycles. The van der Waals surface area contributed by atoms with Crippen molar-refractivity contribution in [3.63, 3.8) is 0 Å². The molecule has 0 aromatic heterocycles. The third-order valence-electron chi connectivity index (χ3n) is 8.83. The fourth-order valence-corrected chi connectivity index (χ4v) is 7.03. The summed E-state index contributed by atoms with van der Waals surface area (Å²) in [4.78, 5) is 37.1. The van der Waals surface area contributed by atoms with E-state index < -0.39 is 53.3 Å². The van der Waals surface area contributed by atoms with E-state index >= 15 is 0 Å². The zero-order valence-corrected chi connectivity index (χ0v) is 21.2. The van der Waals surface area contributed by atoms with Gasteiger partial charge in [-0.05, 0) is 49.3 Å². The number of benzene rings is 2. The van der Waals surface area contributed by atoms with Crippen molar-refractivity contribution in [2.24, 2.45) is 5.92 Å². The molecule has 2 bridgehead atoms. The molecule has 1 spiro atoms. The Balaban J connectivity index is 1.34. The van der Waals surface area contributed by atoms with Gasteiger partial charge in [0.05, 0.1) is 11.0 Å². The van der Waals surface area contributed by atoms with Gasteiger partial charge < -0.3 is 39.7 Å². The molecule has 4 aliphatic rings. The second kappa shape index (κ2) is 9.33. The van der Waals surface area contributed by atoms with Crippen molar-refractivity contribution in [3.8, 4) is 11.5 Å². The van der Waals surface area contributed by atoms with E-state index in [4.69, 9.17) is 19.3 Å². The number of hydrogen-bond donors (Lipinski definition) is 5. The van der Waals surface area contributed by atoms with Gasteiger partial charge in [0.2, 0.25) is 6.10 Å². The summed E-state index contributed by atoms with van der Waals surface area (Å²) in [7, 11) is 0. The molecule has 2 aromatic rings. The number of carboxylic acids is 1. The minimum absolute atomic E-state index is 0.0518. The van der Waals surface area contributed by atoms with Gasteiger partial charge in [0.1, 0.15) is 5.76 Å². The molecule has 1 saturated carbocycles. The fraction of sp³-hybridized carbons (Fsp3) is 0.414. The third kappa shape index (κ3) is 3.65. The number of phenols is 1. The molecule has 2 aromatic carbocycles. The van der Waals surface area contributed by atoms with E-state index in [2.05, 4.69) is 0 Å². The van der Waals surface area contributed by atoms with E-state index in [9.17, 15) is 34.8 Å². The van der Waals surface area contributed by atoms with Crippen molar-refractivity contribution in [2.75, 3.05) is 0 Å². The van der Waals surface area contributed by atoms with Crippen LogP contribution >= 0.6 is 0 Å². The summed E-state index contributed by atoms with van der Waals surface area (Å²) in [6.45, 7) is 0. The highest BCUT2D eigenvalue weighted by Crippen LogP contribution is 2.67. The monoisotopic (exact) mass is 552 g/mol. The van der Waals surface area contributed by atoms with Gasteiger partial charge in [0.15, 0.2) is 29.8 Å². The van der Waals surface area contributed by atoms with E-state index in [0.29, 0.717) is 12.8 Å². The van der Waals surface area contributed by atoms with Crippen LogP contribution in [0.25, 0.3) is 0 Å². The Bertz CT molecular complexity index is 1420. The molecule has 11 heteroatoms. The molecule has 11 nitrogen and oxygen atoms in total. The number of ether oxygens (including phenoxy) is 3. The zero-order chi connectivity index (χ0) is 28.4. The van der Waals surface area contributed by atoms with Crippen LogP contribution in [0.1, 0.15) is 48.5 Å². The van der Waals surface area contributed by atoms with Crippen LogP contribution in [0.3, 0.4) is 0 Å². The van der Waals surface area contributed by atoms with Gasteiger partial charge in [0, 0.05) is 11.1 Å². The number of carbonyl (C=O) groups excluding carboxylic acids is 2. The number of aromatic hydroxyl groups is 1. The topological polar surface area (TPSA) is 180 Å². The molecule has 40 heavy (non-hydrogen) atoms. The minimum atomic E-state index is -2.46. The van der Waals surface area contributed by atoms with Gasteiger partial charge in [-0.2, -0.15) is 0 Å². The van der Waals surface area contributed by atoms with Gasteiger partial charge >= 0.3 is 17.9 Å². The summed E-state index contributed by atoms with van der Waals surface area (Å²) in [6.07, 6.45) is -3.01. The average Bonchev–Trinajstić information content (AvgIpc) is 3.29. The molecule has 1 heterocycles. The Labute approximate surface area is 228 Å². The maximum Gasteiger partial charge on any atom is 0.357 e. The maximum absolute atomic E-state index is 13.5. The maximum atomic E-state index is 13.5. The molecule has 6 rings (SSSR count). The highest BCUT2D eigenvalue weighted by atomic mass is 16.6. The molecular formula is C29H28O11. The van der Waals surface area contributed by atoms with Gasteiger partial charge in [-0.15, -0.1) is 0 Å². The smallest absolute Gasteiger partial charge is 0.357 e. The first-order valence-corrected chi connectivity index (χ1v) is 13.1. The number of phenolic OH excluding ortho intramolecular Hbond substituents is 1. The van der Waals surface area contributed by atoms with Crippen LogP contribution in [0.4, 0.5) is 0 Å². The second-order valence-electron chi connectivity index (χ2n) is 10.8. The van der Waals surface area contributed by atoms with Crippen LogP contribution in [-0.2, 0) is 35.7 Å².